The number of nitrogens with zero attached hydrogens (tertiary/aromatic N) is 6. The summed E-state index contributed by atoms with van der Waals surface area (Å²) in [6.45, 7) is 2.25. The summed E-state index contributed by atoms with van der Waals surface area (Å²) >= 11 is 0. The molecule has 3 aromatic rings. The zero-order valence-corrected chi connectivity index (χ0v) is 18.3. The first-order chi connectivity index (χ1) is 15.8. The number of carbonyl (C=O) groups excluding carboxylic acids is 1. The Labute approximate surface area is 188 Å². The van der Waals surface area contributed by atoms with Crippen LogP contribution in [0, 0.1) is 17.6 Å². The largest absolute Gasteiger partial charge is 0.367 e. The average Bonchev–Trinajstić information content (AvgIpc) is 3.52. The van der Waals surface area contributed by atoms with Crippen LogP contribution in [0.5, 0.6) is 0 Å². The molecule has 4 heterocycles. The molecule has 10 nitrogen and oxygen atoms in total. The van der Waals surface area contributed by atoms with Crippen molar-refractivity contribution < 1.29 is 22.0 Å². The van der Waals surface area contributed by atoms with Crippen molar-refractivity contribution in [3.8, 4) is 0 Å². The molecule has 2 saturated heterocycles. The topological polar surface area (TPSA) is 115 Å². The van der Waals surface area contributed by atoms with E-state index in [1.165, 1.54) is 4.31 Å². The maximum atomic E-state index is 13.8. The number of nitrogens with one attached hydrogen (secondary N) is 1. The van der Waals surface area contributed by atoms with Gasteiger partial charge in [-0.05, 0) is 18.6 Å². The Kier molecular flexibility index (Phi) is 5.44. The molecule has 1 aromatic carbocycles. The maximum Gasteiger partial charge on any atom is 0.278 e. The van der Waals surface area contributed by atoms with E-state index in [0.29, 0.717) is 43.5 Å². The molecule has 0 bridgehead atoms. The summed E-state index contributed by atoms with van der Waals surface area (Å²) in [5.74, 6) is -2.39. The summed E-state index contributed by atoms with van der Waals surface area (Å²) in [6.07, 6.45) is 3.11. The predicted octanol–water partition coefficient (Wildman–Crippen LogP) is 0.990. The lowest BCUT2D eigenvalue weighted by molar-refractivity contribution is -0.135. The Morgan fingerprint density at radius 1 is 1.06 bits per heavy atom. The molecular formula is C20H21F2N7O3S. The van der Waals surface area contributed by atoms with Crippen molar-refractivity contribution in [2.45, 2.75) is 11.6 Å². The molecule has 0 aliphatic carbocycles. The zero-order valence-electron chi connectivity index (χ0n) is 17.5. The van der Waals surface area contributed by atoms with E-state index in [9.17, 15) is 22.0 Å². The van der Waals surface area contributed by atoms with Crippen LogP contribution in [0.15, 0.2) is 35.9 Å². The number of benzene rings is 1. The number of amides is 1. The number of H-pyrrole nitrogens is 1. The van der Waals surface area contributed by atoms with Gasteiger partial charge in [0.05, 0.1) is 11.4 Å². The van der Waals surface area contributed by atoms with Crippen molar-refractivity contribution >= 4 is 32.5 Å². The van der Waals surface area contributed by atoms with E-state index in [2.05, 4.69) is 20.2 Å². The molecule has 13 heteroatoms. The highest BCUT2D eigenvalue weighted by atomic mass is 32.2. The highest BCUT2D eigenvalue weighted by Crippen LogP contribution is 2.29. The highest BCUT2D eigenvalue weighted by Gasteiger charge is 2.39. The first kappa shape index (κ1) is 21.6. The van der Waals surface area contributed by atoms with Gasteiger partial charge in [-0.25, -0.2) is 27.3 Å². The minimum Gasteiger partial charge on any atom is -0.367 e. The quantitative estimate of drug-likeness (QED) is 0.596. The van der Waals surface area contributed by atoms with Gasteiger partial charge < -0.3 is 9.80 Å². The number of halogens is 2. The summed E-state index contributed by atoms with van der Waals surface area (Å²) in [5, 5.41) is 6.23. The molecule has 0 unspecified atom stereocenters. The lowest BCUT2D eigenvalue weighted by Crippen LogP contribution is -2.50. The smallest absolute Gasteiger partial charge is 0.278 e. The summed E-state index contributed by atoms with van der Waals surface area (Å²) in [5.41, 5.74) is 1.10. The average molecular weight is 477 g/mol. The third kappa shape index (κ3) is 3.91. The summed E-state index contributed by atoms with van der Waals surface area (Å²) < 4.78 is 53.8. The number of aromatic amines is 1. The zero-order chi connectivity index (χ0) is 23.2. The molecule has 174 valence electrons. The molecule has 5 rings (SSSR count). The van der Waals surface area contributed by atoms with Gasteiger partial charge in [-0.1, -0.05) is 0 Å². The summed E-state index contributed by atoms with van der Waals surface area (Å²) in [7, 11) is -3.80. The van der Waals surface area contributed by atoms with Crippen LogP contribution < -0.4 is 4.90 Å². The highest BCUT2D eigenvalue weighted by molar-refractivity contribution is 7.89. The summed E-state index contributed by atoms with van der Waals surface area (Å²) in [6, 6.07) is 3.97. The second-order valence-corrected chi connectivity index (χ2v) is 9.92. The number of hydrogen-bond acceptors (Lipinski definition) is 7. The molecule has 1 amide bonds. The molecule has 0 saturated carbocycles. The van der Waals surface area contributed by atoms with Crippen LogP contribution in [0.1, 0.15) is 6.42 Å². The van der Waals surface area contributed by atoms with Gasteiger partial charge >= 0.3 is 0 Å². The Balaban J connectivity index is 1.24. The third-order valence-corrected chi connectivity index (χ3v) is 7.87. The van der Waals surface area contributed by atoms with E-state index >= 15 is 0 Å². The molecule has 1 N–H and O–H groups in total. The Morgan fingerprint density at radius 3 is 2.55 bits per heavy atom. The number of piperazine rings is 1. The van der Waals surface area contributed by atoms with Crippen LogP contribution in [0.3, 0.4) is 0 Å². The second-order valence-electron chi connectivity index (χ2n) is 8.07. The number of carbonyl (C=O) groups is 1. The van der Waals surface area contributed by atoms with Gasteiger partial charge in [-0.15, -0.1) is 0 Å². The standard InChI is InChI=1S/C20H21F2N7O3S/c21-15-9-14-17(10-16(15)22)23-3-1-18(14)27-5-7-28(8-6-27)19(30)13-2-4-29(11-13)33(31,32)20-24-12-25-26-20/h1,3,9-10,12-13H,2,4-8,11H2,(H,24,25,26)/t13-/m0/s1. The van der Waals surface area contributed by atoms with Crippen LogP contribution in [0.25, 0.3) is 10.9 Å². The Hall–Kier alpha value is -3.19. The van der Waals surface area contributed by atoms with Crippen molar-refractivity contribution in [2.24, 2.45) is 5.92 Å². The number of sulfonamides is 1. The SMILES string of the molecule is O=C([C@H]1CCN(S(=O)(=O)c2ncn[nH]2)C1)N1CCN(c2ccnc3cc(F)c(F)cc23)CC1. The third-order valence-electron chi connectivity index (χ3n) is 6.17. The predicted molar refractivity (Wildman–Crippen MR) is 114 cm³/mol. The fourth-order valence-electron chi connectivity index (χ4n) is 4.42. The summed E-state index contributed by atoms with van der Waals surface area (Å²) in [4.78, 5) is 24.6. The van der Waals surface area contributed by atoms with Gasteiger partial charge in [-0.3, -0.25) is 9.78 Å². The van der Waals surface area contributed by atoms with Crippen LogP contribution in [0.4, 0.5) is 14.5 Å². The normalized spacial score (nSPS) is 20.0. The van der Waals surface area contributed by atoms with Crippen molar-refractivity contribution in [3.05, 3.63) is 42.4 Å². The number of anilines is 1. The van der Waals surface area contributed by atoms with Crippen molar-refractivity contribution in [1.29, 1.82) is 0 Å². The van der Waals surface area contributed by atoms with E-state index in [1.807, 2.05) is 4.90 Å². The minimum atomic E-state index is -3.80. The van der Waals surface area contributed by atoms with Crippen molar-refractivity contribution in [1.82, 2.24) is 29.4 Å². The van der Waals surface area contributed by atoms with Gasteiger partial charge in [0.1, 0.15) is 6.33 Å². The van der Waals surface area contributed by atoms with E-state index < -0.39 is 27.6 Å². The van der Waals surface area contributed by atoms with E-state index in [0.717, 1.165) is 24.1 Å². The molecule has 2 aliphatic heterocycles. The van der Waals surface area contributed by atoms with E-state index in [-0.39, 0.29) is 24.2 Å². The van der Waals surface area contributed by atoms with Crippen LogP contribution >= 0.6 is 0 Å². The van der Waals surface area contributed by atoms with Gasteiger partial charge in [0.15, 0.2) is 11.6 Å². The minimum absolute atomic E-state index is 0.0855. The molecule has 2 aromatic heterocycles. The molecule has 0 spiro atoms. The Bertz CT molecular complexity index is 1290. The lowest BCUT2D eigenvalue weighted by Gasteiger charge is -2.37. The van der Waals surface area contributed by atoms with Crippen molar-refractivity contribution in [3.63, 3.8) is 0 Å². The monoisotopic (exact) mass is 477 g/mol. The van der Waals surface area contributed by atoms with Crippen LogP contribution in [-0.4, -0.2) is 83.0 Å². The van der Waals surface area contributed by atoms with Crippen LogP contribution in [-0.2, 0) is 14.8 Å². The van der Waals surface area contributed by atoms with Crippen LogP contribution in [0.2, 0.25) is 0 Å². The number of fused-ring (bicyclic) bond motifs is 1. The number of rotatable bonds is 4. The first-order valence-electron chi connectivity index (χ1n) is 10.5. The fourth-order valence-corrected chi connectivity index (χ4v) is 5.73. The molecule has 33 heavy (non-hydrogen) atoms. The van der Waals surface area contributed by atoms with E-state index in [1.54, 1.807) is 17.2 Å². The molecule has 0 radical (unpaired) electrons. The fraction of sp³-hybridized carbons (Fsp3) is 0.400. The molecule has 2 aliphatic rings. The van der Waals surface area contributed by atoms with Crippen molar-refractivity contribution in [2.75, 3.05) is 44.2 Å². The molecule has 2 fully saturated rings. The van der Waals surface area contributed by atoms with E-state index in [4.69, 9.17) is 0 Å². The first-order valence-corrected chi connectivity index (χ1v) is 11.9. The maximum absolute atomic E-state index is 13.8. The molecule has 1 atom stereocenters. The lowest BCUT2D eigenvalue weighted by atomic mass is 10.1. The number of hydrogen-bond donors (Lipinski definition) is 1. The van der Waals surface area contributed by atoms with Gasteiger partial charge in [0, 0.05) is 62.6 Å². The van der Waals surface area contributed by atoms with Gasteiger partial charge in [-0.2, -0.15) is 9.40 Å². The van der Waals surface area contributed by atoms with Gasteiger partial charge in [0.25, 0.3) is 15.2 Å². The number of pyridine rings is 1. The number of aromatic nitrogens is 4. The second kappa shape index (κ2) is 8.30. The molecular weight excluding hydrogens is 456 g/mol. The van der Waals surface area contributed by atoms with Gasteiger partial charge in [0.2, 0.25) is 5.91 Å². The Morgan fingerprint density at radius 2 is 1.82 bits per heavy atom.